The third-order valence-electron chi connectivity index (χ3n) is 6.01. The maximum Gasteiger partial charge on any atom is 0.260 e. The zero-order valence-electron chi connectivity index (χ0n) is 22.3. The average molecular weight is 571 g/mol. The topological polar surface area (TPSA) is 144 Å². The lowest BCUT2D eigenvalue weighted by Gasteiger charge is -2.21. The van der Waals surface area contributed by atoms with Crippen LogP contribution in [0.1, 0.15) is 28.3 Å². The minimum atomic E-state index is -4.13. The molecule has 0 saturated carbocycles. The lowest BCUT2D eigenvalue weighted by Crippen LogP contribution is -2.36. The quantitative estimate of drug-likeness (QED) is 0.141. The predicted molar refractivity (Wildman–Crippen MR) is 160 cm³/mol. The van der Waals surface area contributed by atoms with E-state index in [1.165, 1.54) is 13.2 Å². The smallest absolute Gasteiger partial charge is 0.260 e. The first-order valence-electron chi connectivity index (χ1n) is 12.6. The van der Waals surface area contributed by atoms with Gasteiger partial charge in [0.2, 0.25) is 0 Å². The average Bonchev–Trinajstić information content (AvgIpc) is 2.99. The van der Waals surface area contributed by atoms with E-state index >= 15 is 0 Å². The van der Waals surface area contributed by atoms with Crippen molar-refractivity contribution in [1.29, 1.82) is 5.41 Å². The Bertz CT molecular complexity index is 1620. The number of sulfonamides is 1. The maximum atomic E-state index is 13.4. The second-order valence-corrected chi connectivity index (χ2v) is 10.5. The SMILES string of the molecule is COc1cc(C(Nc2ccc(C(=N)N)cc2)C(=O)NS(=O)(=O)/C=C/c2ccccc2)ccc1OCc1ccccc1. The number of amidine groups is 1. The van der Waals surface area contributed by atoms with Gasteiger partial charge < -0.3 is 20.5 Å². The number of amides is 1. The van der Waals surface area contributed by atoms with Crippen LogP contribution in [0.25, 0.3) is 6.08 Å². The van der Waals surface area contributed by atoms with Crippen LogP contribution in [0.2, 0.25) is 0 Å². The van der Waals surface area contributed by atoms with Gasteiger partial charge in [-0.1, -0.05) is 66.7 Å². The molecule has 0 saturated heterocycles. The molecule has 210 valence electrons. The first kappa shape index (κ1) is 28.9. The van der Waals surface area contributed by atoms with E-state index in [2.05, 4.69) is 10.0 Å². The molecule has 5 N–H and O–H groups in total. The molecule has 0 heterocycles. The summed E-state index contributed by atoms with van der Waals surface area (Å²) in [5.74, 6) is -0.0726. The molecule has 0 aliphatic heterocycles. The Morgan fingerprint density at radius 1 is 0.927 bits per heavy atom. The van der Waals surface area contributed by atoms with E-state index in [0.717, 1.165) is 11.0 Å². The molecule has 1 amide bonds. The number of anilines is 1. The molecule has 1 atom stereocenters. The fourth-order valence-corrected chi connectivity index (χ4v) is 4.70. The Morgan fingerprint density at radius 3 is 2.22 bits per heavy atom. The monoisotopic (exact) mass is 570 g/mol. The number of ether oxygens (including phenoxy) is 2. The van der Waals surface area contributed by atoms with E-state index in [9.17, 15) is 13.2 Å². The molecule has 4 aromatic rings. The summed E-state index contributed by atoms with van der Waals surface area (Å²) < 4.78 is 39.2. The van der Waals surface area contributed by atoms with Crippen LogP contribution in [0, 0.1) is 5.41 Å². The van der Waals surface area contributed by atoms with Crippen molar-refractivity contribution < 1.29 is 22.7 Å². The molecule has 10 heteroatoms. The highest BCUT2D eigenvalue weighted by Crippen LogP contribution is 2.32. The number of benzene rings is 4. The normalized spacial score (nSPS) is 11.9. The highest BCUT2D eigenvalue weighted by molar-refractivity contribution is 7.93. The molecule has 4 rings (SSSR count). The molecule has 0 spiro atoms. The summed E-state index contributed by atoms with van der Waals surface area (Å²) in [5.41, 5.74) is 8.64. The first-order chi connectivity index (χ1) is 19.7. The number of nitrogens with one attached hydrogen (secondary N) is 3. The van der Waals surface area contributed by atoms with Crippen LogP contribution in [0.4, 0.5) is 5.69 Å². The van der Waals surface area contributed by atoms with Gasteiger partial charge in [0.25, 0.3) is 15.9 Å². The number of rotatable bonds is 12. The zero-order valence-corrected chi connectivity index (χ0v) is 23.1. The summed E-state index contributed by atoms with van der Waals surface area (Å²) in [6.45, 7) is 0.313. The fourth-order valence-electron chi connectivity index (χ4n) is 3.90. The third-order valence-corrected chi connectivity index (χ3v) is 6.99. The molecule has 0 aromatic heterocycles. The van der Waals surface area contributed by atoms with Crippen LogP contribution in [0.5, 0.6) is 11.5 Å². The number of nitrogens with two attached hydrogens (primary N) is 1. The summed E-state index contributed by atoms with van der Waals surface area (Å²) in [5, 5.41) is 11.6. The van der Waals surface area contributed by atoms with Crippen LogP contribution in [0.15, 0.2) is 109 Å². The van der Waals surface area contributed by atoms with Crippen molar-refractivity contribution in [2.24, 2.45) is 5.73 Å². The molecule has 0 radical (unpaired) electrons. The number of carbonyl (C=O) groups is 1. The van der Waals surface area contributed by atoms with Gasteiger partial charge in [0.15, 0.2) is 11.5 Å². The number of methoxy groups -OCH3 is 1. The number of hydrogen-bond acceptors (Lipinski definition) is 7. The predicted octanol–water partition coefficient (Wildman–Crippen LogP) is 4.83. The van der Waals surface area contributed by atoms with Crippen LogP contribution in [-0.4, -0.2) is 27.3 Å². The highest BCUT2D eigenvalue weighted by Gasteiger charge is 2.25. The van der Waals surface area contributed by atoms with E-state index in [0.29, 0.717) is 40.5 Å². The molecule has 0 aliphatic rings. The molecular formula is C31H30N4O5S. The van der Waals surface area contributed by atoms with Gasteiger partial charge >= 0.3 is 0 Å². The first-order valence-corrected chi connectivity index (χ1v) is 14.1. The lowest BCUT2D eigenvalue weighted by molar-refractivity contribution is -0.120. The Balaban J connectivity index is 1.60. The molecule has 4 aromatic carbocycles. The summed E-state index contributed by atoms with van der Waals surface area (Å²) in [6, 6.07) is 28.9. The number of nitrogen functional groups attached to an aromatic ring is 1. The van der Waals surface area contributed by atoms with Crippen molar-refractivity contribution >= 4 is 33.5 Å². The summed E-state index contributed by atoms with van der Waals surface area (Å²) in [4.78, 5) is 13.4. The Labute approximate surface area is 239 Å². The van der Waals surface area contributed by atoms with Gasteiger partial charge in [0.05, 0.1) is 12.5 Å². The van der Waals surface area contributed by atoms with E-state index in [1.807, 2.05) is 36.4 Å². The zero-order chi connectivity index (χ0) is 29.2. The number of carbonyl (C=O) groups excluding carboxylic acids is 1. The molecule has 0 bridgehead atoms. The van der Waals surface area contributed by atoms with Crippen molar-refractivity contribution in [2.45, 2.75) is 12.6 Å². The molecule has 41 heavy (non-hydrogen) atoms. The van der Waals surface area contributed by atoms with E-state index < -0.39 is 22.0 Å². The number of hydrogen-bond donors (Lipinski definition) is 4. The highest BCUT2D eigenvalue weighted by atomic mass is 32.2. The van der Waals surface area contributed by atoms with Crippen LogP contribution in [0.3, 0.4) is 0 Å². The van der Waals surface area contributed by atoms with Gasteiger partial charge in [-0.05, 0) is 59.2 Å². The van der Waals surface area contributed by atoms with Crippen molar-refractivity contribution in [1.82, 2.24) is 4.72 Å². The summed E-state index contributed by atoms with van der Waals surface area (Å²) in [7, 11) is -2.64. The minimum absolute atomic E-state index is 0.0991. The Kier molecular flexibility index (Phi) is 9.39. The van der Waals surface area contributed by atoms with Gasteiger partial charge in [-0.2, -0.15) is 0 Å². The van der Waals surface area contributed by atoms with Gasteiger partial charge in [-0.15, -0.1) is 0 Å². The largest absolute Gasteiger partial charge is 0.493 e. The van der Waals surface area contributed by atoms with Gasteiger partial charge in [0, 0.05) is 11.3 Å². The third kappa shape index (κ3) is 8.20. The van der Waals surface area contributed by atoms with Gasteiger partial charge in [-0.25, -0.2) is 13.1 Å². The molecule has 1 unspecified atom stereocenters. The molecule has 0 aliphatic carbocycles. The Morgan fingerprint density at radius 2 is 1.59 bits per heavy atom. The fraction of sp³-hybridized carbons (Fsp3) is 0.0968. The van der Waals surface area contributed by atoms with Crippen molar-refractivity contribution in [3.8, 4) is 11.5 Å². The second kappa shape index (κ2) is 13.3. The van der Waals surface area contributed by atoms with Crippen LogP contribution >= 0.6 is 0 Å². The van der Waals surface area contributed by atoms with Crippen molar-refractivity contribution in [3.05, 3.63) is 131 Å². The minimum Gasteiger partial charge on any atom is -0.493 e. The van der Waals surface area contributed by atoms with Crippen LogP contribution < -0.4 is 25.2 Å². The van der Waals surface area contributed by atoms with Gasteiger partial charge in [0.1, 0.15) is 18.5 Å². The summed E-state index contributed by atoms with van der Waals surface area (Å²) in [6.07, 6.45) is 1.40. The molecular weight excluding hydrogens is 540 g/mol. The Hall–Kier alpha value is -5.09. The van der Waals surface area contributed by atoms with E-state index in [-0.39, 0.29) is 5.84 Å². The standard InChI is InChI=1S/C31H30N4O5S/c1-39-28-20-25(14-17-27(28)40-21-23-10-6-3-7-11-23)29(34-26-15-12-24(13-16-26)30(32)33)31(36)35-41(37,38)19-18-22-8-4-2-5-9-22/h2-20,29,34H,21H2,1H3,(H3,32,33)(H,35,36)/b19-18+. The molecule has 9 nitrogen and oxygen atoms in total. The van der Waals surface area contributed by atoms with E-state index in [1.54, 1.807) is 66.7 Å². The second-order valence-electron chi connectivity index (χ2n) is 8.98. The van der Waals surface area contributed by atoms with Crippen LogP contribution in [-0.2, 0) is 21.4 Å². The molecule has 0 fully saturated rings. The maximum absolute atomic E-state index is 13.4. The lowest BCUT2D eigenvalue weighted by atomic mass is 10.0. The van der Waals surface area contributed by atoms with Gasteiger partial charge in [-0.3, -0.25) is 10.2 Å². The van der Waals surface area contributed by atoms with Crippen molar-refractivity contribution in [3.63, 3.8) is 0 Å². The summed E-state index contributed by atoms with van der Waals surface area (Å²) >= 11 is 0. The van der Waals surface area contributed by atoms with E-state index in [4.69, 9.17) is 20.6 Å². The van der Waals surface area contributed by atoms with Crippen molar-refractivity contribution in [2.75, 3.05) is 12.4 Å².